The summed E-state index contributed by atoms with van der Waals surface area (Å²) >= 11 is 0. The van der Waals surface area contributed by atoms with E-state index in [4.69, 9.17) is 4.74 Å². The standard InChI is InChI=1S/C12H24N2O/c1-13-8-10-5-6-12(10)14(2)9-11-4-3-7-15-11/h10-13H,3-9H2,1-2H3. The van der Waals surface area contributed by atoms with E-state index < -0.39 is 0 Å². The minimum Gasteiger partial charge on any atom is -0.377 e. The van der Waals surface area contributed by atoms with Gasteiger partial charge in [0.05, 0.1) is 6.10 Å². The number of nitrogens with one attached hydrogen (secondary N) is 1. The molecule has 0 aromatic carbocycles. The van der Waals surface area contributed by atoms with Crippen molar-refractivity contribution in [2.24, 2.45) is 5.92 Å². The van der Waals surface area contributed by atoms with Gasteiger partial charge in [0.25, 0.3) is 0 Å². The summed E-state index contributed by atoms with van der Waals surface area (Å²) < 4.78 is 5.68. The van der Waals surface area contributed by atoms with E-state index >= 15 is 0 Å². The van der Waals surface area contributed by atoms with Crippen molar-refractivity contribution >= 4 is 0 Å². The summed E-state index contributed by atoms with van der Waals surface area (Å²) in [6.45, 7) is 3.27. The molecule has 2 fully saturated rings. The van der Waals surface area contributed by atoms with Crippen molar-refractivity contribution in [2.45, 2.75) is 37.8 Å². The molecule has 3 atom stereocenters. The second kappa shape index (κ2) is 5.28. The minimum atomic E-state index is 0.505. The summed E-state index contributed by atoms with van der Waals surface area (Å²) in [5.41, 5.74) is 0. The molecule has 3 heteroatoms. The van der Waals surface area contributed by atoms with Crippen molar-refractivity contribution < 1.29 is 4.74 Å². The van der Waals surface area contributed by atoms with Gasteiger partial charge < -0.3 is 15.0 Å². The summed E-state index contributed by atoms with van der Waals surface area (Å²) in [4.78, 5) is 2.52. The molecule has 1 aliphatic carbocycles. The first-order chi connectivity index (χ1) is 7.31. The molecule has 15 heavy (non-hydrogen) atoms. The molecule has 2 rings (SSSR count). The predicted octanol–water partition coefficient (Wildman–Crippen LogP) is 1.10. The Balaban J connectivity index is 1.72. The summed E-state index contributed by atoms with van der Waals surface area (Å²) in [7, 11) is 4.31. The molecule has 88 valence electrons. The number of likely N-dealkylation sites (N-methyl/N-ethyl adjacent to an activating group) is 1. The number of rotatable bonds is 5. The molecular weight excluding hydrogens is 188 g/mol. The molecule has 1 aliphatic heterocycles. The van der Waals surface area contributed by atoms with Gasteiger partial charge in [0.2, 0.25) is 0 Å². The van der Waals surface area contributed by atoms with Crippen molar-refractivity contribution in [3.63, 3.8) is 0 Å². The topological polar surface area (TPSA) is 24.5 Å². The average Bonchev–Trinajstić information content (AvgIpc) is 2.64. The van der Waals surface area contributed by atoms with Crippen LogP contribution in [0, 0.1) is 5.92 Å². The van der Waals surface area contributed by atoms with Gasteiger partial charge in [0, 0.05) is 19.2 Å². The van der Waals surface area contributed by atoms with Crippen LogP contribution in [-0.2, 0) is 4.74 Å². The van der Waals surface area contributed by atoms with Crippen LogP contribution >= 0.6 is 0 Å². The Bertz CT molecular complexity index is 192. The maximum Gasteiger partial charge on any atom is 0.0702 e. The van der Waals surface area contributed by atoms with Gasteiger partial charge in [-0.3, -0.25) is 0 Å². The van der Waals surface area contributed by atoms with Crippen LogP contribution in [0.1, 0.15) is 25.7 Å². The van der Waals surface area contributed by atoms with E-state index in [9.17, 15) is 0 Å². The highest BCUT2D eigenvalue weighted by atomic mass is 16.5. The Kier molecular flexibility index (Phi) is 4.00. The fourth-order valence-corrected chi connectivity index (χ4v) is 2.88. The van der Waals surface area contributed by atoms with E-state index in [-0.39, 0.29) is 0 Å². The van der Waals surface area contributed by atoms with Crippen molar-refractivity contribution in [2.75, 3.05) is 33.8 Å². The highest BCUT2D eigenvalue weighted by Gasteiger charge is 2.34. The van der Waals surface area contributed by atoms with Crippen LogP contribution in [0.5, 0.6) is 0 Å². The van der Waals surface area contributed by atoms with Gasteiger partial charge in [-0.1, -0.05) is 0 Å². The zero-order valence-electron chi connectivity index (χ0n) is 10.0. The predicted molar refractivity (Wildman–Crippen MR) is 62.0 cm³/mol. The zero-order valence-corrected chi connectivity index (χ0v) is 10.0. The Hall–Kier alpha value is -0.120. The molecular formula is C12H24N2O. The van der Waals surface area contributed by atoms with Crippen LogP contribution in [-0.4, -0.2) is 50.8 Å². The number of hydrogen-bond donors (Lipinski definition) is 1. The van der Waals surface area contributed by atoms with Crippen molar-refractivity contribution in [1.82, 2.24) is 10.2 Å². The lowest BCUT2D eigenvalue weighted by molar-refractivity contribution is 0.0267. The molecule has 1 saturated carbocycles. The lowest BCUT2D eigenvalue weighted by atomic mass is 9.78. The van der Waals surface area contributed by atoms with Crippen molar-refractivity contribution in [3.05, 3.63) is 0 Å². The lowest BCUT2D eigenvalue weighted by Crippen LogP contribution is -2.50. The second-order valence-corrected chi connectivity index (χ2v) is 5.04. The molecule has 1 saturated heterocycles. The third-order valence-corrected chi connectivity index (χ3v) is 3.93. The first-order valence-corrected chi connectivity index (χ1v) is 6.27. The van der Waals surface area contributed by atoms with E-state index in [2.05, 4.69) is 24.3 Å². The van der Waals surface area contributed by atoms with Crippen LogP contribution in [0.25, 0.3) is 0 Å². The fraction of sp³-hybridized carbons (Fsp3) is 1.00. The summed E-state index contributed by atoms with van der Waals surface area (Å²) in [6.07, 6.45) is 5.78. The van der Waals surface area contributed by atoms with E-state index in [0.717, 1.165) is 25.1 Å². The van der Waals surface area contributed by atoms with Crippen LogP contribution in [0.4, 0.5) is 0 Å². The van der Waals surface area contributed by atoms with Gasteiger partial charge in [-0.15, -0.1) is 0 Å². The highest BCUT2D eigenvalue weighted by molar-refractivity contribution is 4.89. The number of ether oxygens (including phenoxy) is 1. The van der Waals surface area contributed by atoms with Gasteiger partial charge >= 0.3 is 0 Å². The van der Waals surface area contributed by atoms with Gasteiger partial charge in [0.1, 0.15) is 0 Å². The molecule has 0 spiro atoms. The van der Waals surface area contributed by atoms with E-state index in [1.807, 2.05) is 0 Å². The number of hydrogen-bond acceptors (Lipinski definition) is 3. The lowest BCUT2D eigenvalue weighted by Gasteiger charge is -2.43. The molecule has 0 bridgehead atoms. The second-order valence-electron chi connectivity index (χ2n) is 5.04. The maximum absolute atomic E-state index is 5.68. The van der Waals surface area contributed by atoms with Gasteiger partial charge in [-0.25, -0.2) is 0 Å². The van der Waals surface area contributed by atoms with Crippen LogP contribution in [0.2, 0.25) is 0 Å². The molecule has 3 unspecified atom stereocenters. The quantitative estimate of drug-likeness (QED) is 0.738. The maximum atomic E-state index is 5.68. The highest BCUT2D eigenvalue weighted by Crippen LogP contribution is 2.31. The van der Waals surface area contributed by atoms with Crippen molar-refractivity contribution in [1.29, 1.82) is 0 Å². The van der Waals surface area contributed by atoms with E-state index in [1.165, 1.54) is 32.2 Å². The summed E-state index contributed by atoms with van der Waals surface area (Å²) in [5, 5.41) is 3.29. The largest absolute Gasteiger partial charge is 0.377 e. The molecule has 1 heterocycles. The molecule has 0 radical (unpaired) electrons. The zero-order chi connectivity index (χ0) is 10.7. The van der Waals surface area contributed by atoms with E-state index in [1.54, 1.807) is 0 Å². The molecule has 0 amide bonds. The Morgan fingerprint density at radius 2 is 2.20 bits per heavy atom. The normalized spacial score (nSPS) is 35.8. The summed E-state index contributed by atoms with van der Waals surface area (Å²) in [6, 6.07) is 0.793. The Morgan fingerprint density at radius 3 is 2.73 bits per heavy atom. The van der Waals surface area contributed by atoms with Crippen LogP contribution in [0.15, 0.2) is 0 Å². The van der Waals surface area contributed by atoms with E-state index in [0.29, 0.717) is 6.10 Å². The van der Waals surface area contributed by atoms with Gasteiger partial charge in [-0.2, -0.15) is 0 Å². The average molecular weight is 212 g/mol. The first-order valence-electron chi connectivity index (χ1n) is 6.27. The van der Waals surface area contributed by atoms with Crippen LogP contribution < -0.4 is 5.32 Å². The van der Waals surface area contributed by atoms with Crippen LogP contribution in [0.3, 0.4) is 0 Å². The molecule has 1 N–H and O–H groups in total. The monoisotopic (exact) mass is 212 g/mol. The number of nitrogens with zero attached hydrogens (tertiary/aromatic N) is 1. The van der Waals surface area contributed by atoms with Gasteiger partial charge in [-0.05, 0) is 52.2 Å². The Labute approximate surface area is 93.2 Å². The molecule has 3 nitrogen and oxygen atoms in total. The third kappa shape index (κ3) is 2.71. The summed E-state index contributed by atoms with van der Waals surface area (Å²) in [5.74, 6) is 0.862. The molecule has 0 aromatic heterocycles. The minimum absolute atomic E-state index is 0.505. The first kappa shape index (κ1) is 11.4. The van der Waals surface area contributed by atoms with Gasteiger partial charge in [0.15, 0.2) is 0 Å². The SMILES string of the molecule is CNCC1CCC1N(C)CC1CCCO1. The Morgan fingerprint density at radius 1 is 1.33 bits per heavy atom. The smallest absolute Gasteiger partial charge is 0.0702 e. The fourth-order valence-electron chi connectivity index (χ4n) is 2.88. The molecule has 0 aromatic rings. The third-order valence-electron chi connectivity index (χ3n) is 3.93. The molecule has 2 aliphatic rings. The van der Waals surface area contributed by atoms with Crippen molar-refractivity contribution in [3.8, 4) is 0 Å².